The lowest BCUT2D eigenvalue weighted by atomic mass is 10.0. The summed E-state index contributed by atoms with van der Waals surface area (Å²) < 4.78 is 72.1. The van der Waals surface area contributed by atoms with Crippen molar-refractivity contribution in [2.75, 3.05) is 13.6 Å². The van der Waals surface area contributed by atoms with Crippen LogP contribution in [0.4, 0.5) is 17.6 Å². The molecular formula is C43H75F4NO6. The molecule has 0 aliphatic carbocycles. The van der Waals surface area contributed by atoms with Crippen molar-refractivity contribution in [1.82, 2.24) is 5.32 Å². The van der Waals surface area contributed by atoms with E-state index in [4.69, 9.17) is 14.2 Å². The summed E-state index contributed by atoms with van der Waals surface area (Å²) >= 11 is 0. The molecule has 11 heteroatoms. The van der Waals surface area contributed by atoms with Gasteiger partial charge in [-0.25, -0.2) is 17.6 Å². The summed E-state index contributed by atoms with van der Waals surface area (Å²) in [7, 11) is 1.85. The lowest BCUT2D eigenvalue weighted by Gasteiger charge is -2.18. The Morgan fingerprint density at radius 2 is 0.907 bits per heavy atom. The van der Waals surface area contributed by atoms with E-state index in [-0.39, 0.29) is 49.7 Å². The number of unbranched alkanes of at least 4 members (excludes halogenated alkanes) is 13. The van der Waals surface area contributed by atoms with E-state index in [2.05, 4.69) is 5.32 Å². The Labute approximate surface area is 325 Å². The van der Waals surface area contributed by atoms with Crippen LogP contribution in [0.25, 0.3) is 0 Å². The van der Waals surface area contributed by atoms with Gasteiger partial charge in [-0.1, -0.05) is 84.5 Å². The molecule has 54 heavy (non-hydrogen) atoms. The molecule has 0 radical (unpaired) electrons. The average molecular weight is 778 g/mol. The normalized spacial score (nSPS) is 14.0. The molecule has 316 valence electrons. The zero-order valence-electron chi connectivity index (χ0n) is 34.4. The van der Waals surface area contributed by atoms with E-state index in [0.29, 0.717) is 32.1 Å². The third kappa shape index (κ3) is 33.0. The minimum absolute atomic E-state index is 0.127. The van der Waals surface area contributed by atoms with Crippen LogP contribution < -0.4 is 5.32 Å². The monoisotopic (exact) mass is 778 g/mol. The van der Waals surface area contributed by atoms with Crippen molar-refractivity contribution < 1.29 is 46.2 Å². The molecule has 0 aromatic rings. The first-order valence-corrected chi connectivity index (χ1v) is 21.1. The van der Waals surface area contributed by atoms with Crippen molar-refractivity contribution in [3.8, 4) is 0 Å². The molecule has 0 bridgehead atoms. The molecule has 0 heterocycles. The largest absolute Gasteiger partial charge is 0.462 e. The minimum atomic E-state index is -2.89. The van der Waals surface area contributed by atoms with E-state index in [1.807, 2.05) is 20.9 Å². The van der Waals surface area contributed by atoms with E-state index in [1.54, 1.807) is 13.8 Å². The standard InChI is InChI=1S/C43H75F4NO6/c1-6-8-21-31-42(44,45)33-29-36(3)52-39(49)26-19-15-11-10-13-17-24-38(54-41(51)28-23-35-48-5)25-18-14-12-16-20-27-40(50)53-37(4)30-34-43(46,47)32-22-9-7-2/h29-30,33-34,36-38,48H,6-28,31-32,35H2,1-5H3/b33-29-,34-30-. The lowest BCUT2D eigenvalue weighted by Crippen LogP contribution is -2.19. The number of halogens is 4. The number of ether oxygens (including phenoxy) is 3. The van der Waals surface area contributed by atoms with Crippen molar-refractivity contribution in [1.29, 1.82) is 0 Å². The van der Waals surface area contributed by atoms with Gasteiger partial charge in [-0.15, -0.1) is 0 Å². The number of carbonyl (C=O) groups excluding carboxylic acids is 3. The predicted octanol–water partition coefficient (Wildman–Crippen LogP) is 12.2. The predicted molar refractivity (Wildman–Crippen MR) is 210 cm³/mol. The third-order valence-corrected chi connectivity index (χ3v) is 9.25. The fourth-order valence-electron chi connectivity index (χ4n) is 5.99. The molecule has 1 N–H and O–H groups in total. The zero-order valence-corrected chi connectivity index (χ0v) is 34.4. The molecular weight excluding hydrogens is 702 g/mol. The summed E-state index contributed by atoms with van der Waals surface area (Å²) in [5, 5.41) is 3.04. The van der Waals surface area contributed by atoms with Crippen LogP contribution in [-0.4, -0.2) is 61.7 Å². The Balaban J connectivity index is 4.33. The van der Waals surface area contributed by atoms with Crippen LogP contribution in [0, 0.1) is 0 Å². The van der Waals surface area contributed by atoms with Crippen molar-refractivity contribution >= 4 is 17.9 Å². The zero-order chi connectivity index (χ0) is 40.5. The van der Waals surface area contributed by atoms with Crippen LogP contribution in [0.1, 0.15) is 188 Å². The van der Waals surface area contributed by atoms with Gasteiger partial charge in [-0.05, 0) is 110 Å². The second-order valence-electron chi connectivity index (χ2n) is 14.8. The van der Waals surface area contributed by atoms with Crippen molar-refractivity contribution in [2.24, 2.45) is 0 Å². The van der Waals surface area contributed by atoms with Crippen LogP contribution >= 0.6 is 0 Å². The Hall–Kier alpha value is -2.43. The Kier molecular flexibility index (Phi) is 31.3. The smallest absolute Gasteiger partial charge is 0.306 e. The molecule has 3 atom stereocenters. The third-order valence-electron chi connectivity index (χ3n) is 9.25. The highest BCUT2D eigenvalue weighted by Crippen LogP contribution is 2.25. The van der Waals surface area contributed by atoms with Crippen LogP contribution in [0.15, 0.2) is 24.3 Å². The number of allylic oxidation sites excluding steroid dienone is 2. The summed E-state index contributed by atoms with van der Waals surface area (Å²) in [5.41, 5.74) is 0. The first-order chi connectivity index (χ1) is 25.7. The van der Waals surface area contributed by atoms with E-state index < -0.39 is 24.1 Å². The SMILES string of the molecule is CCCCCC(F)(F)/C=C\C(C)OC(=O)CCCCCCCCC(CCCCCCCC(=O)OC(C)/C=C\C(F)(F)CCCCC)OC(=O)CCCNC. The quantitative estimate of drug-likeness (QED) is 0.0223. The highest BCUT2D eigenvalue weighted by molar-refractivity contribution is 5.70. The van der Waals surface area contributed by atoms with Gasteiger partial charge in [0.15, 0.2) is 0 Å². The van der Waals surface area contributed by atoms with Crippen molar-refractivity contribution in [2.45, 2.75) is 218 Å². The highest BCUT2D eigenvalue weighted by Gasteiger charge is 2.25. The van der Waals surface area contributed by atoms with E-state index in [0.717, 1.165) is 121 Å². The maximum absolute atomic E-state index is 13.9. The van der Waals surface area contributed by atoms with Gasteiger partial charge in [-0.2, -0.15) is 0 Å². The molecule has 0 fully saturated rings. The summed E-state index contributed by atoms with van der Waals surface area (Å²) in [6.45, 7) is 7.88. The van der Waals surface area contributed by atoms with Crippen LogP contribution in [0.5, 0.6) is 0 Å². The van der Waals surface area contributed by atoms with Gasteiger partial charge in [0.1, 0.15) is 18.3 Å². The molecule has 0 aliphatic rings. The Morgan fingerprint density at radius 1 is 0.537 bits per heavy atom. The van der Waals surface area contributed by atoms with Crippen LogP contribution in [0.2, 0.25) is 0 Å². The molecule has 0 saturated carbocycles. The fourth-order valence-corrected chi connectivity index (χ4v) is 5.99. The topological polar surface area (TPSA) is 90.9 Å². The molecule has 7 nitrogen and oxygen atoms in total. The highest BCUT2D eigenvalue weighted by atomic mass is 19.3. The second kappa shape index (κ2) is 32.8. The molecule has 0 rings (SSSR count). The maximum Gasteiger partial charge on any atom is 0.306 e. The van der Waals surface area contributed by atoms with Gasteiger partial charge in [-0.3, -0.25) is 14.4 Å². The van der Waals surface area contributed by atoms with Gasteiger partial charge in [0.25, 0.3) is 11.8 Å². The molecule has 0 aromatic carbocycles. The number of alkyl halides is 4. The molecule has 0 aromatic heterocycles. The Morgan fingerprint density at radius 3 is 1.31 bits per heavy atom. The van der Waals surface area contributed by atoms with Crippen LogP contribution in [0.3, 0.4) is 0 Å². The van der Waals surface area contributed by atoms with Gasteiger partial charge in [0.05, 0.1) is 0 Å². The number of esters is 3. The number of nitrogens with one attached hydrogen (secondary N) is 1. The molecule has 0 saturated heterocycles. The average Bonchev–Trinajstić information content (AvgIpc) is 3.10. The number of hydrogen-bond acceptors (Lipinski definition) is 7. The number of rotatable bonds is 36. The van der Waals surface area contributed by atoms with E-state index in [9.17, 15) is 31.9 Å². The number of hydrogen-bond donors (Lipinski definition) is 1. The van der Waals surface area contributed by atoms with Crippen LogP contribution in [-0.2, 0) is 28.6 Å². The molecule has 0 spiro atoms. The van der Waals surface area contributed by atoms with E-state index in [1.165, 1.54) is 12.2 Å². The van der Waals surface area contributed by atoms with Crippen molar-refractivity contribution in [3.05, 3.63) is 24.3 Å². The van der Waals surface area contributed by atoms with Gasteiger partial charge in [0, 0.05) is 32.1 Å². The first kappa shape index (κ1) is 51.6. The first-order valence-electron chi connectivity index (χ1n) is 21.1. The molecule has 0 amide bonds. The summed E-state index contributed by atoms with van der Waals surface area (Å²) in [6, 6.07) is 0. The maximum atomic E-state index is 13.9. The Bertz CT molecular complexity index is 1020. The van der Waals surface area contributed by atoms with Gasteiger partial charge >= 0.3 is 17.9 Å². The summed E-state index contributed by atoms with van der Waals surface area (Å²) in [4.78, 5) is 36.7. The van der Waals surface area contributed by atoms with Crippen molar-refractivity contribution in [3.63, 3.8) is 0 Å². The molecule has 0 aliphatic heterocycles. The minimum Gasteiger partial charge on any atom is -0.462 e. The summed E-state index contributed by atoms with van der Waals surface area (Å²) in [6.07, 6.45) is 19.6. The van der Waals surface area contributed by atoms with E-state index >= 15 is 0 Å². The van der Waals surface area contributed by atoms with Gasteiger partial charge in [0.2, 0.25) is 0 Å². The van der Waals surface area contributed by atoms with Gasteiger partial charge < -0.3 is 19.5 Å². The number of carbonyl (C=O) groups is 3. The molecule has 3 unspecified atom stereocenters. The fraction of sp³-hybridized carbons (Fsp3) is 0.837. The lowest BCUT2D eigenvalue weighted by molar-refractivity contribution is -0.150. The summed E-state index contributed by atoms with van der Waals surface area (Å²) in [5.74, 6) is -6.70. The second-order valence-corrected chi connectivity index (χ2v) is 14.8.